The van der Waals surface area contributed by atoms with E-state index in [2.05, 4.69) is 20.9 Å². The summed E-state index contributed by atoms with van der Waals surface area (Å²) >= 11 is 0. The maximum atomic E-state index is 13.1. The third kappa shape index (κ3) is 5.34. The lowest BCUT2D eigenvalue weighted by atomic mass is 9.94. The van der Waals surface area contributed by atoms with Crippen LogP contribution in [-0.4, -0.2) is 46.4 Å². The highest BCUT2D eigenvalue weighted by Crippen LogP contribution is 2.30. The summed E-state index contributed by atoms with van der Waals surface area (Å²) in [5.74, 6) is 1.64. The van der Waals surface area contributed by atoms with Crippen molar-refractivity contribution < 1.29 is 4.79 Å². The smallest absolute Gasteiger partial charge is 0.223 e. The summed E-state index contributed by atoms with van der Waals surface area (Å²) in [6.07, 6.45) is 17.7. The number of aromatic nitrogens is 1. The third-order valence-corrected chi connectivity index (χ3v) is 7.36. The number of carbonyl (C=O) groups is 1. The zero-order valence-corrected chi connectivity index (χ0v) is 17.4. The molecule has 2 aliphatic carbocycles. The van der Waals surface area contributed by atoms with Crippen LogP contribution in [0.15, 0.2) is 24.5 Å². The molecule has 0 radical (unpaired) electrons. The monoisotopic (exact) mass is 383 g/mol. The van der Waals surface area contributed by atoms with Crippen LogP contribution < -0.4 is 0 Å². The maximum absolute atomic E-state index is 13.1. The first kappa shape index (κ1) is 19.9. The highest BCUT2D eigenvalue weighted by molar-refractivity contribution is 5.76. The second-order valence-electron chi connectivity index (χ2n) is 9.41. The predicted octanol–water partition coefficient (Wildman–Crippen LogP) is 4.65. The summed E-state index contributed by atoms with van der Waals surface area (Å²) in [5, 5.41) is 0. The summed E-state index contributed by atoms with van der Waals surface area (Å²) in [6.45, 7) is 4.11. The van der Waals surface area contributed by atoms with Crippen LogP contribution >= 0.6 is 0 Å². The van der Waals surface area contributed by atoms with Gasteiger partial charge in [0.2, 0.25) is 5.91 Å². The molecular weight excluding hydrogens is 346 g/mol. The first-order chi connectivity index (χ1) is 13.8. The lowest BCUT2D eigenvalue weighted by Gasteiger charge is -2.38. The van der Waals surface area contributed by atoms with E-state index in [0.717, 1.165) is 31.1 Å². The van der Waals surface area contributed by atoms with Gasteiger partial charge in [-0.25, -0.2) is 0 Å². The molecule has 3 aliphatic rings. The third-order valence-electron chi connectivity index (χ3n) is 7.36. The number of likely N-dealkylation sites (tertiary alicyclic amines) is 1. The van der Waals surface area contributed by atoms with Crippen LogP contribution in [-0.2, 0) is 11.3 Å². The van der Waals surface area contributed by atoms with Gasteiger partial charge in [-0.15, -0.1) is 0 Å². The van der Waals surface area contributed by atoms with Crippen LogP contribution in [0.1, 0.15) is 76.2 Å². The Morgan fingerprint density at radius 2 is 1.71 bits per heavy atom. The molecule has 0 unspecified atom stereocenters. The van der Waals surface area contributed by atoms with Crippen molar-refractivity contribution in [2.24, 2.45) is 11.8 Å². The molecule has 4 nitrogen and oxygen atoms in total. The highest BCUT2D eigenvalue weighted by Gasteiger charge is 2.29. The Morgan fingerprint density at radius 1 is 1.00 bits per heavy atom. The van der Waals surface area contributed by atoms with Gasteiger partial charge in [-0.2, -0.15) is 0 Å². The van der Waals surface area contributed by atoms with Crippen molar-refractivity contribution in [1.82, 2.24) is 14.8 Å². The van der Waals surface area contributed by atoms with E-state index < -0.39 is 0 Å². The first-order valence-corrected chi connectivity index (χ1v) is 11.7. The summed E-state index contributed by atoms with van der Waals surface area (Å²) in [7, 11) is 0. The summed E-state index contributed by atoms with van der Waals surface area (Å²) < 4.78 is 0. The van der Waals surface area contributed by atoms with Crippen LogP contribution in [0.25, 0.3) is 0 Å². The molecule has 1 amide bonds. The van der Waals surface area contributed by atoms with E-state index in [1.165, 1.54) is 77.3 Å². The van der Waals surface area contributed by atoms with Crippen molar-refractivity contribution >= 4 is 5.91 Å². The normalized spacial score (nSPS) is 22.7. The molecule has 0 spiro atoms. The maximum Gasteiger partial charge on any atom is 0.223 e. The van der Waals surface area contributed by atoms with Gasteiger partial charge in [-0.1, -0.05) is 31.7 Å². The fraction of sp³-hybridized carbons (Fsp3) is 0.750. The van der Waals surface area contributed by atoms with Gasteiger partial charge >= 0.3 is 0 Å². The molecule has 0 bridgehead atoms. The van der Waals surface area contributed by atoms with E-state index in [4.69, 9.17) is 0 Å². The summed E-state index contributed by atoms with van der Waals surface area (Å²) in [6, 6.07) is 4.93. The Labute approximate surface area is 170 Å². The van der Waals surface area contributed by atoms with E-state index in [1.807, 2.05) is 18.5 Å². The van der Waals surface area contributed by atoms with Gasteiger partial charge in [0.25, 0.3) is 0 Å². The lowest BCUT2D eigenvalue weighted by Crippen LogP contribution is -2.43. The minimum Gasteiger partial charge on any atom is -0.338 e. The minimum atomic E-state index is 0.369. The van der Waals surface area contributed by atoms with Crippen molar-refractivity contribution in [3.8, 4) is 0 Å². The molecule has 4 heteroatoms. The molecule has 4 rings (SSSR count). The van der Waals surface area contributed by atoms with Gasteiger partial charge in [0.15, 0.2) is 0 Å². The number of hydrogen-bond acceptors (Lipinski definition) is 3. The van der Waals surface area contributed by atoms with Crippen molar-refractivity contribution in [2.45, 2.75) is 83.2 Å². The molecule has 28 heavy (non-hydrogen) atoms. The van der Waals surface area contributed by atoms with E-state index in [1.54, 1.807) is 0 Å². The molecule has 0 aromatic carbocycles. The predicted molar refractivity (Wildman–Crippen MR) is 113 cm³/mol. The molecule has 0 atom stereocenters. The zero-order chi connectivity index (χ0) is 19.2. The molecular formula is C24H37N3O. The molecule has 1 aromatic rings. The Bertz CT molecular complexity index is 600. The van der Waals surface area contributed by atoms with Crippen LogP contribution in [0.4, 0.5) is 0 Å². The minimum absolute atomic E-state index is 0.369. The summed E-state index contributed by atoms with van der Waals surface area (Å²) in [4.78, 5) is 22.3. The van der Waals surface area contributed by atoms with Gasteiger partial charge in [-0.05, 0) is 75.1 Å². The van der Waals surface area contributed by atoms with Crippen LogP contribution in [0.2, 0.25) is 0 Å². The van der Waals surface area contributed by atoms with Crippen molar-refractivity contribution in [2.75, 3.05) is 19.6 Å². The lowest BCUT2D eigenvalue weighted by molar-refractivity contribution is -0.133. The van der Waals surface area contributed by atoms with E-state index in [-0.39, 0.29) is 0 Å². The van der Waals surface area contributed by atoms with E-state index >= 15 is 0 Å². The fourth-order valence-electron chi connectivity index (χ4n) is 5.64. The molecule has 0 N–H and O–H groups in total. The quantitative estimate of drug-likeness (QED) is 0.688. The Balaban J connectivity index is 1.33. The van der Waals surface area contributed by atoms with Crippen LogP contribution in [0.3, 0.4) is 0 Å². The van der Waals surface area contributed by atoms with Crippen LogP contribution in [0, 0.1) is 11.8 Å². The van der Waals surface area contributed by atoms with Crippen molar-refractivity contribution in [1.29, 1.82) is 0 Å². The van der Waals surface area contributed by atoms with Crippen LogP contribution in [0.5, 0.6) is 0 Å². The summed E-state index contributed by atoms with van der Waals surface area (Å²) in [5.41, 5.74) is 1.16. The van der Waals surface area contributed by atoms with Gasteiger partial charge in [0, 0.05) is 37.9 Å². The number of rotatable bonds is 7. The Morgan fingerprint density at radius 3 is 2.39 bits per heavy atom. The Kier molecular flexibility index (Phi) is 7.00. The SMILES string of the molecule is O=C(CC1CCCC1)N(Cc1cccnc1)CC1CCN(C2CCCC2)CC1. The topological polar surface area (TPSA) is 36.4 Å². The van der Waals surface area contributed by atoms with Crippen molar-refractivity contribution in [3.05, 3.63) is 30.1 Å². The van der Waals surface area contributed by atoms with Gasteiger partial charge in [0.1, 0.15) is 0 Å². The molecule has 1 aromatic heterocycles. The standard InChI is InChI=1S/C24H37N3O/c28-24(16-20-6-1-2-7-20)27(19-22-8-5-13-25-17-22)18-21-11-14-26(15-12-21)23-9-3-4-10-23/h5,8,13,17,20-21,23H,1-4,6-7,9-12,14-16,18-19H2. The molecule has 3 fully saturated rings. The number of piperidine rings is 1. The zero-order valence-electron chi connectivity index (χ0n) is 17.4. The fourth-order valence-corrected chi connectivity index (χ4v) is 5.64. The second kappa shape index (κ2) is 9.87. The number of pyridine rings is 1. The van der Waals surface area contributed by atoms with Gasteiger partial charge in [0.05, 0.1) is 0 Å². The van der Waals surface area contributed by atoms with E-state index in [0.29, 0.717) is 17.7 Å². The number of amides is 1. The largest absolute Gasteiger partial charge is 0.338 e. The van der Waals surface area contributed by atoms with E-state index in [9.17, 15) is 4.79 Å². The van der Waals surface area contributed by atoms with Gasteiger partial charge in [-0.3, -0.25) is 9.78 Å². The molecule has 154 valence electrons. The average molecular weight is 384 g/mol. The van der Waals surface area contributed by atoms with Gasteiger partial charge < -0.3 is 9.80 Å². The van der Waals surface area contributed by atoms with Crippen molar-refractivity contribution in [3.63, 3.8) is 0 Å². The first-order valence-electron chi connectivity index (χ1n) is 11.7. The Hall–Kier alpha value is -1.42. The highest BCUT2D eigenvalue weighted by atomic mass is 16.2. The number of nitrogens with zero attached hydrogens (tertiary/aromatic N) is 3. The second-order valence-corrected chi connectivity index (χ2v) is 9.41. The number of carbonyl (C=O) groups excluding carboxylic acids is 1. The number of hydrogen-bond donors (Lipinski definition) is 0. The molecule has 2 heterocycles. The average Bonchev–Trinajstić information content (AvgIpc) is 3.43. The molecule has 1 aliphatic heterocycles. The molecule has 1 saturated heterocycles. The molecule has 2 saturated carbocycles.